The molecule has 0 aliphatic carbocycles. The quantitative estimate of drug-likeness (QED) is 0.188. The highest BCUT2D eigenvalue weighted by molar-refractivity contribution is 14.0. The van der Waals surface area contributed by atoms with E-state index in [1.54, 1.807) is 31.3 Å². The fraction of sp³-hybridized carbons (Fsp3) is 0.348. The molecular weight excluding hydrogens is 523 g/mol. The Balaban J connectivity index is 0.00000289. The number of benzene rings is 2. The van der Waals surface area contributed by atoms with Crippen LogP contribution in [0.25, 0.3) is 0 Å². The first kappa shape index (κ1) is 23.8. The van der Waals surface area contributed by atoms with Crippen LogP contribution < -0.4 is 14.8 Å². The van der Waals surface area contributed by atoms with Gasteiger partial charge in [-0.25, -0.2) is 0 Å². The molecule has 2 aliphatic rings. The predicted molar refractivity (Wildman–Crippen MR) is 132 cm³/mol. The van der Waals surface area contributed by atoms with E-state index in [1.807, 2.05) is 30.1 Å². The van der Waals surface area contributed by atoms with Gasteiger partial charge in [0.2, 0.25) is 6.79 Å². The lowest BCUT2D eigenvalue weighted by molar-refractivity contribution is 0.0652. The third kappa shape index (κ3) is 4.98. The SMILES string of the molecule is CN=C(NCCCCN1C(=O)c2ccccc2C1=O)N(C)Cc1ccc2c(c1)OCO2.I. The molecule has 2 aliphatic heterocycles. The number of fused-ring (bicyclic) bond motifs is 2. The molecule has 2 heterocycles. The van der Waals surface area contributed by atoms with E-state index in [0.29, 0.717) is 30.8 Å². The van der Waals surface area contributed by atoms with Gasteiger partial charge in [-0.2, -0.15) is 0 Å². The molecule has 0 saturated heterocycles. The minimum Gasteiger partial charge on any atom is -0.454 e. The molecule has 0 aromatic heterocycles. The number of hydrogen-bond donors (Lipinski definition) is 1. The molecule has 0 spiro atoms. The molecule has 1 N–H and O–H groups in total. The normalized spacial score (nSPS) is 14.3. The van der Waals surface area contributed by atoms with E-state index in [9.17, 15) is 9.59 Å². The Morgan fingerprint density at radius 1 is 1.06 bits per heavy atom. The Morgan fingerprint density at radius 3 is 2.44 bits per heavy atom. The van der Waals surface area contributed by atoms with Gasteiger partial charge in [-0.1, -0.05) is 18.2 Å². The van der Waals surface area contributed by atoms with E-state index >= 15 is 0 Å². The Hall–Kier alpha value is -2.82. The lowest BCUT2D eigenvalue weighted by Gasteiger charge is -2.22. The molecule has 8 nitrogen and oxygen atoms in total. The van der Waals surface area contributed by atoms with Gasteiger partial charge in [0.05, 0.1) is 11.1 Å². The highest BCUT2D eigenvalue weighted by Gasteiger charge is 2.34. The fourth-order valence-corrected chi connectivity index (χ4v) is 3.81. The molecule has 2 amide bonds. The molecule has 0 radical (unpaired) electrons. The molecule has 0 atom stereocenters. The maximum absolute atomic E-state index is 12.4. The molecule has 0 unspecified atom stereocenters. The van der Waals surface area contributed by atoms with Gasteiger partial charge in [0, 0.05) is 33.7 Å². The highest BCUT2D eigenvalue weighted by atomic mass is 127. The van der Waals surface area contributed by atoms with E-state index in [4.69, 9.17) is 9.47 Å². The van der Waals surface area contributed by atoms with Gasteiger partial charge in [0.25, 0.3) is 11.8 Å². The number of unbranched alkanes of at least 4 members (excludes halogenated alkanes) is 1. The molecule has 9 heteroatoms. The summed E-state index contributed by atoms with van der Waals surface area (Å²) in [4.78, 5) is 32.5. The Labute approximate surface area is 204 Å². The Morgan fingerprint density at radius 2 is 1.75 bits per heavy atom. The molecule has 2 aromatic rings. The number of imide groups is 1. The number of ether oxygens (including phenoxy) is 2. The summed E-state index contributed by atoms with van der Waals surface area (Å²) >= 11 is 0. The lowest BCUT2D eigenvalue weighted by Crippen LogP contribution is -2.39. The standard InChI is InChI=1S/C23H26N4O4.HI/c1-24-23(26(2)14-16-9-10-19-20(13-16)31-15-30-19)25-11-5-6-12-27-21(28)17-7-3-4-8-18(17)22(27)29;/h3-4,7-10,13H,5-6,11-12,14-15H2,1-2H3,(H,24,25);1H. The summed E-state index contributed by atoms with van der Waals surface area (Å²) in [6, 6.07) is 12.9. The Kier molecular flexibility index (Phi) is 7.94. The molecule has 0 saturated carbocycles. The van der Waals surface area contributed by atoms with Crippen molar-refractivity contribution in [1.82, 2.24) is 15.1 Å². The van der Waals surface area contributed by atoms with Crippen LogP contribution in [0.4, 0.5) is 0 Å². The van der Waals surface area contributed by atoms with Gasteiger partial charge in [-0.15, -0.1) is 24.0 Å². The van der Waals surface area contributed by atoms with Crippen LogP contribution in [0.1, 0.15) is 39.1 Å². The highest BCUT2D eigenvalue weighted by Crippen LogP contribution is 2.32. The number of carbonyl (C=O) groups excluding carboxylic acids is 2. The number of nitrogens with zero attached hydrogens (tertiary/aromatic N) is 3. The smallest absolute Gasteiger partial charge is 0.261 e. The number of aliphatic imine (C=N–C) groups is 1. The summed E-state index contributed by atoms with van der Waals surface area (Å²) in [5.41, 5.74) is 2.09. The first-order chi connectivity index (χ1) is 15.1. The fourth-order valence-electron chi connectivity index (χ4n) is 3.81. The van der Waals surface area contributed by atoms with Crippen molar-refractivity contribution in [3.63, 3.8) is 0 Å². The number of guanidine groups is 1. The summed E-state index contributed by atoms with van der Waals surface area (Å²) in [7, 11) is 3.72. The van der Waals surface area contributed by atoms with Crippen molar-refractivity contribution >= 4 is 41.8 Å². The van der Waals surface area contributed by atoms with Crippen molar-refractivity contribution in [2.45, 2.75) is 19.4 Å². The van der Waals surface area contributed by atoms with Crippen molar-refractivity contribution in [1.29, 1.82) is 0 Å². The van der Waals surface area contributed by atoms with Crippen molar-refractivity contribution in [3.05, 3.63) is 59.2 Å². The van der Waals surface area contributed by atoms with Crippen LogP contribution in [-0.2, 0) is 6.54 Å². The van der Waals surface area contributed by atoms with E-state index in [1.165, 1.54) is 4.90 Å². The third-order valence-electron chi connectivity index (χ3n) is 5.40. The van der Waals surface area contributed by atoms with Gasteiger partial charge in [0.1, 0.15) is 0 Å². The summed E-state index contributed by atoms with van der Waals surface area (Å²) in [6.07, 6.45) is 1.53. The average Bonchev–Trinajstić information content (AvgIpc) is 3.34. The van der Waals surface area contributed by atoms with Gasteiger partial charge < -0.3 is 19.7 Å². The van der Waals surface area contributed by atoms with Crippen molar-refractivity contribution in [2.24, 2.45) is 4.99 Å². The summed E-state index contributed by atoms with van der Waals surface area (Å²) in [5, 5.41) is 3.34. The molecule has 4 rings (SSSR count). The Bertz CT molecular complexity index is 992. The topological polar surface area (TPSA) is 83.5 Å². The average molecular weight is 550 g/mol. The van der Waals surface area contributed by atoms with Gasteiger partial charge in [-0.05, 0) is 42.7 Å². The van der Waals surface area contributed by atoms with E-state index in [-0.39, 0.29) is 42.6 Å². The molecule has 0 bridgehead atoms. The minimum atomic E-state index is -0.201. The lowest BCUT2D eigenvalue weighted by atomic mass is 10.1. The van der Waals surface area contributed by atoms with Crippen LogP contribution in [0.2, 0.25) is 0 Å². The number of carbonyl (C=O) groups is 2. The molecule has 2 aromatic carbocycles. The van der Waals surface area contributed by atoms with E-state index < -0.39 is 0 Å². The number of nitrogens with one attached hydrogen (secondary N) is 1. The number of halogens is 1. The van der Waals surface area contributed by atoms with Crippen molar-refractivity contribution in [3.8, 4) is 11.5 Å². The second kappa shape index (κ2) is 10.7. The van der Waals surface area contributed by atoms with Crippen molar-refractivity contribution < 1.29 is 19.1 Å². The zero-order valence-corrected chi connectivity index (χ0v) is 20.5. The van der Waals surface area contributed by atoms with E-state index in [0.717, 1.165) is 35.9 Å². The zero-order chi connectivity index (χ0) is 21.8. The monoisotopic (exact) mass is 550 g/mol. The molecule has 32 heavy (non-hydrogen) atoms. The number of amides is 2. The molecule has 0 fully saturated rings. The zero-order valence-electron chi connectivity index (χ0n) is 18.2. The molecular formula is C23H27IN4O4. The second-order valence-electron chi connectivity index (χ2n) is 7.53. The van der Waals surface area contributed by atoms with Crippen LogP contribution in [0.15, 0.2) is 47.5 Å². The van der Waals surface area contributed by atoms with Crippen LogP contribution in [0.3, 0.4) is 0 Å². The summed E-state index contributed by atoms with van der Waals surface area (Å²) in [5.74, 6) is 1.91. The predicted octanol–water partition coefficient (Wildman–Crippen LogP) is 3.12. The minimum absolute atomic E-state index is 0. The second-order valence-corrected chi connectivity index (χ2v) is 7.53. The van der Waals surface area contributed by atoms with Crippen LogP contribution in [0.5, 0.6) is 11.5 Å². The first-order valence-electron chi connectivity index (χ1n) is 10.3. The van der Waals surface area contributed by atoms with Crippen LogP contribution in [0, 0.1) is 0 Å². The maximum Gasteiger partial charge on any atom is 0.261 e. The van der Waals surface area contributed by atoms with Gasteiger partial charge in [-0.3, -0.25) is 19.5 Å². The number of rotatable bonds is 7. The van der Waals surface area contributed by atoms with E-state index in [2.05, 4.69) is 10.3 Å². The maximum atomic E-state index is 12.4. The summed E-state index contributed by atoms with van der Waals surface area (Å²) in [6.45, 7) is 2.05. The van der Waals surface area contributed by atoms with Crippen molar-refractivity contribution in [2.75, 3.05) is 34.0 Å². The molecule has 170 valence electrons. The van der Waals surface area contributed by atoms with Gasteiger partial charge in [0.15, 0.2) is 17.5 Å². The summed E-state index contributed by atoms with van der Waals surface area (Å²) < 4.78 is 10.8. The first-order valence-corrected chi connectivity index (χ1v) is 10.3. The largest absolute Gasteiger partial charge is 0.454 e. The van der Waals surface area contributed by atoms with Gasteiger partial charge >= 0.3 is 0 Å². The third-order valence-corrected chi connectivity index (χ3v) is 5.40. The van der Waals surface area contributed by atoms with Crippen LogP contribution in [-0.4, -0.2) is 61.6 Å². The number of hydrogen-bond acceptors (Lipinski definition) is 5. The van der Waals surface area contributed by atoms with Crippen LogP contribution >= 0.6 is 24.0 Å².